The summed E-state index contributed by atoms with van der Waals surface area (Å²) in [5, 5.41) is 3.17. The van der Waals surface area contributed by atoms with E-state index < -0.39 is 0 Å². The molecule has 1 N–H and O–H groups in total. The van der Waals surface area contributed by atoms with E-state index >= 15 is 0 Å². The highest BCUT2D eigenvalue weighted by Crippen LogP contribution is 2.32. The molecule has 0 saturated carbocycles. The molecule has 1 saturated heterocycles. The van der Waals surface area contributed by atoms with Gasteiger partial charge in [-0.2, -0.15) is 0 Å². The molecule has 2 rings (SSSR count). The predicted octanol–water partition coefficient (Wildman–Crippen LogP) is 3.10. The number of rotatable bonds is 5. The smallest absolute Gasteiger partial charge is 0.170 e. The molecule has 1 aliphatic heterocycles. The van der Waals surface area contributed by atoms with E-state index in [1.54, 1.807) is 12.3 Å². The SMILES string of the molecule is CCNCc1ccnc(N2C(C)CCC2CC)c1F. The highest BCUT2D eigenvalue weighted by atomic mass is 19.1. The summed E-state index contributed by atoms with van der Waals surface area (Å²) in [6.45, 7) is 7.76. The van der Waals surface area contributed by atoms with Crippen LogP contribution in [0.4, 0.5) is 10.2 Å². The van der Waals surface area contributed by atoms with Crippen molar-refractivity contribution in [2.24, 2.45) is 0 Å². The Morgan fingerprint density at radius 1 is 1.42 bits per heavy atom. The molecular formula is C15H24FN3. The third kappa shape index (κ3) is 2.89. The molecule has 0 aliphatic carbocycles. The molecule has 3 nitrogen and oxygen atoms in total. The second-order valence-electron chi connectivity index (χ2n) is 5.28. The van der Waals surface area contributed by atoms with E-state index in [2.05, 4.69) is 29.0 Å². The van der Waals surface area contributed by atoms with Gasteiger partial charge in [0.25, 0.3) is 0 Å². The Bertz CT molecular complexity index is 422. The van der Waals surface area contributed by atoms with E-state index in [0.717, 1.165) is 25.8 Å². The largest absolute Gasteiger partial charge is 0.349 e. The molecule has 0 bridgehead atoms. The van der Waals surface area contributed by atoms with Gasteiger partial charge in [0.15, 0.2) is 11.6 Å². The molecule has 0 radical (unpaired) electrons. The lowest BCUT2D eigenvalue weighted by atomic mass is 10.1. The van der Waals surface area contributed by atoms with Crippen LogP contribution < -0.4 is 10.2 Å². The molecule has 2 heterocycles. The molecule has 0 aromatic carbocycles. The summed E-state index contributed by atoms with van der Waals surface area (Å²) in [6.07, 6.45) is 5.03. The molecule has 4 heteroatoms. The van der Waals surface area contributed by atoms with Crippen LogP contribution in [-0.4, -0.2) is 23.6 Å². The van der Waals surface area contributed by atoms with Gasteiger partial charge in [0.05, 0.1) is 0 Å². The number of nitrogens with zero attached hydrogens (tertiary/aromatic N) is 2. The van der Waals surface area contributed by atoms with Crippen molar-refractivity contribution in [2.45, 2.75) is 58.7 Å². The quantitative estimate of drug-likeness (QED) is 0.886. The minimum Gasteiger partial charge on any atom is -0.349 e. The molecule has 0 spiro atoms. The second kappa shape index (κ2) is 6.33. The first-order valence-electron chi connectivity index (χ1n) is 7.31. The zero-order valence-electron chi connectivity index (χ0n) is 12.1. The summed E-state index contributed by atoms with van der Waals surface area (Å²) >= 11 is 0. The Hall–Kier alpha value is -1.16. The molecule has 1 aromatic heterocycles. The maximum Gasteiger partial charge on any atom is 0.170 e. The molecule has 19 heavy (non-hydrogen) atoms. The van der Waals surface area contributed by atoms with Gasteiger partial charge in [-0.05, 0) is 38.8 Å². The van der Waals surface area contributed by atoms with Crippen LogP contribution in [0.3, 0.4) is 0 Å². The number of hydrogen-bond donors (Lipinski definition) is 1. The number of anilines is 1. The van der Waals surface area contributed by atoms with Crippen molar-refractivity contribution in [3.8, 4) is 0 Å². The third-order valence-corrected chi connectivity index (χ3v) is 4.02. The maximum atomic E-state index is 14.6. The predicted molar refractivity (Wildman–Crippen MR) is 76.8 cm³/mol. The van der Waals surface area contributed by atoms with Crippen molar-refractivity contribution < 1.29 is 4.39 Å². The fourth-order valence-corrected chi connectivity index (χ4v) is 2.90. The van der Waals surface area contributed by atoms with Gasteiger partial charge in [0.1, 0.15) is 0 Å². The van der Waals surface area contributed by atoms with E-state index in [0.29, 0.717) is 30.0 Å². The van der Waals surface area contributed by atoms with Gasteiger partial charge in [-0.15, -0.1) is 0 Å². The highest BCUT2D eigenvalue weighted by molar-refractivity contribution is 5.46. The molecule has 1 aromatic rings. The van der Waals surface area contributed by atoms with Gasteiger partial charge in [-0.25, -0.2) is 9.37 Å². The van der Waals surface area contributed by atoms with Gasteiger partial charge in [0, 0.05) is 30.4 Å². The summed E-state index contributed by atoms with van der Waals surface area (Å²) in [7, 11) is 0. The zero-order valence-corrected chi connectivity index (χ0v) is 12.1. The number of hydrogen-bond acceptors (Lipinski definition) is 3. The third-order valence-electron chi connectivity index (χ3n) is 4.02. The number of halogens is 1. The molecule has 1 fully saturated rings. The molecule has 106 valence electrons. The van der Waals surface area contributed by atoms with Crippen molar-refractivity contribution >= 4 is 5.82 Å². The summed E-state index contributed by atoms with van der Waals surface area (Å²) in [6, 6.07) is 2.57. The molecule has 1 aliphatic rings. The van der Waals surface area contributed by atoms with Gasteiger partial charge in [-0.1, -0.05) is 13.8 Å². The lowest BCUT2D eigenvalue weighted by Gasteiger charge is -2.29. The summed E-state index contributed by atoms with van der Waals surface area (Å²) in [5.74, 6) is 0.378. The van der Waals surface area contributed by atoms with E-state index in [1.807, 2.05) is 6.92 Å². The van der Waals surface area contributed by atoms with Gasteiger partial charge < -0.3 is 10.2 Å². The van der Waals surface area contributed by atoms with Crippen LogP contribution in [0.15, 0.2) is 12.3 Å². The first kappa shape index (κ1) is 14.3. The summed E-state index contributed by atoms with van der Waals surface area (Å²) < 4.78 is 14.6. The van der Waals surface area contributed by atoms with Crippen molar-refractivity contribution in [3.63, 3.8) is 0 Å². The first-order chi connectivity index (χ1) is 9.19. The average Bonchev–Trinajstić information content (AvgIpc) is 2.79. The Morgan fingerprint density at radius 2 is 2.21 bits per heavy atom. The maximum absolute atomic E-state index is 14.6. The lowest BCUT2D eigenvalue weighted by Crippen LogP contribution is -2.35. The van der Waals surface area contributed by atoms with Crippen molar-refractivity contribution in [3.05, 3.63) is 23.6 Å². The van der Waals surface area contributed by atoms with E-state index in [9.17, 15) is 4.39 Å². The minimum atomic E-state index is -0.157. The summed E-state index contributed by atoms with van der Waals surface area (Å²) in [5.41, 5.74) is 0.709. The van der Waals surface area contributed by atoms with Crippen LogP contribution in [-0.2, 0) is 6.54 Å². The Morgan fingerprint density at radius 3 is 2.89 bits per heavy atom. The van der Waals surface area contributed by atoms with E-state index in [4.69, 9.17) is 0 Å². The monoisotopic (exact) mass is 265 g/mol. The highest BCUT2D eigenvalue weighted by Gasteiger charge is 2.32. The fourth-order valence-electron chi connectivity index (χ4n) is 2.90. The van der Waals surface area contributed by atoms with Crippen LogP contribution in [0, 0.1) is 5.82 Å². The van der Waals surface area contributed by atoms with Crippen LogP contribution in [0.2, 0.25) is 0 Å². The van der Waals surface area contributed by atoms with E-state index in [-0.39, 0.29) is 5.82 Å². The van der Waals surface area contributed by atoms with Crippen LogP contribution in [0.25, 0.3) is 0 Å². The standard InChI is InChI=1S/C15H24FN3/c1-4-13-7-6-11(3)19(13)15-14(16)12(8-9-18-15)10-17-5-2/h8-9,11,13,17H,4-7,10H2,1-3H3. The Balaban J connectivity index is 2.28. The average molecular weight is 265 g/mol. The van der Waals surface area contributed by atoms with Gasteiger partial charge >= 0.3 is 0 Å². The van der Waals surface area contributed by atoms with E-state index in [1.165, 1.54) is 0 Å². The first-order valence-corrected chi connectivity index (χ1v) is 7.31. The van der Waals surface area contributed by atoms with Gasteiger partial charge in [0.2, 0.25) is 0 Å². The number of aromatic nitrogens is 1. The van der Waals surface area contributed by atoms with Crippen LogP contribution >= 0.6 is 0 Å². The number of nitrogens with one attached hydrogen (secondary N) is 1. The number of pyridine rings is 1. The molecule has 2 unspecified atom stereocenters. The lowest BCUT2D eigenvalue weighted by molar-refractivity contribution is 0.555. The van der Waals surface area contributed by atoms with Crippen molar-refractivity contribution in [2.75, 3.05) is 11.4 Å². The zero-order chi connectivity index (χ0) is 13.8. The normalized spacial score (nSPS) is 23.1. The van der Waals surface area contributed by atoms with Crippen LogP contribution in [0.1, 0.15) is 45.6 Å². The fraction of sp³-hybridized carbons (Fsp3) is 0.667. The van der Waals surface area contributed by atoms with Gasteiger partial charge in [-0.3, -0.25) is 0 Å². The van der Waals surface area contributed by atoms with Crippen LogP contribution in [0.5, 0.6) is 0 Å². The van der Waals surface area contributed by atoms with Crippen molar-refractivity contribution in [1.29, 1.82) is 0 Å². The Kier molecular flexibility index (Phi) is 4.75. The molecular weight excluding hydrogens is 241 g/mol. The summed E-state index contributed by atoms with van der Waals surface area (Å²) in [4.78, 5) is 6.47. The molecule has 0 amide bonds. The minimum absolute atomic E-state index is 0.157. The topological polar surface area (TPSA) is 28.2 Å². The second-order valence-corrected chi connectivity index (χ2v) is 5.28. The molecule has 2 atom stereocenters. The Labute approximate surface area is 115 Å². The van der Waals surface area contributed by atoms with Crippen molar-refractivity contribution in [1.82, 2.24) is 10.3 Å².